The minimum Gasteiger partial charge on any atom is -0.367 e. The number of nitrogens with one attached hydrogen (secondary N) is 1. The molecular formula is C16H19NO. The van der Waals surface area contributed by atoms with Crippen LogP contribution in [0.4, 0.5) is 0 Å². The number of benzene rings is 2. The van der Waals surface area contributed by atoms with Crippen LogP contribution in [0, 0.1) is 0 Å². The summed E-state index contributed by atoms with van der Waals surface area (Å²) in [6.45, 7) is -1.52. The van der Waals surface area contributed by atoms with Gasteiger partial charge in [0, 0.05) is 10.7 Å². The molecule has 0 radical (unpaired) electrons. The molecule has 0 heterocycles. The van der Waals surface area contributed by atoms with Gasteiger partial charge in [0.2, 0.25) is 0 Å². The summed E-state index contributed by atoms with van der Waals surface area (Å²) in [5, 5.41) is 2.46. The van der Waals surface area contributed by atoms with E-state index in [1.165, 1.54) is 0 Å². The van der Waals surface area contributed by atoms with Gasteiger partial charge < -0.3 is 10.1 Å². The van der Waals surface area contributed by atoms with E-state index in [2.05, 4.69) is 5.32 Å². The fourth-order valence-electron chi connectivity index (χ4n) is 1.87. The Bertz CT molecular complexity index is 489. The predicted octanol–water partition coefficient (Wildman–Crippen LogP) is 3.01. The zero-order valence-electron chi connectivity index (χ0n) is 13.2. The molecule has 0 fully saturated rings. The van der Waals surface area contributed by atoms with Gasteiger partial charge in [-0.15, -0.1) is 0 Å². The van der Waals surface area contributed by atoms with Gasteiger partial charge in [0.1, 0.15) is 6.10 Å². The first-order chi connectivity index (χ1) is 10.1. The Kier molecular flexibility index (Phi) is 3.59. The minimum absolute atomic E-state index is 0.189. The summed E-state index contributed by atoms with van der Waals surface area (Å²) in [5.74, 6) is 0. The average molecular weight is 244 g/mol. The van der Waals surface area contributed by atoms with Crippen LogP contribution in [0.2, 0.25) is 0 Å². The summed E-state index contributed by atoms with van der Waals surface area (Å²) in [6.07, 6.45) is -0.189. The lowest BCUT2D eigenvalue weighted by Crippen LogP contribution is -2.17. The van der Waals surface area contributed by atoms with Crippen molar-refractivity contribution in [2.75, 3.05) is 20.1 Å². The highest BCUT2D eigenvalue weighted by Crippen LogP contribution is 2.25. The highest BCUT2D eigenvalue weighted by molar-refractivity contribution is 5.29. The lowest BCUT2D eigenvalue weighted by Gasteiger charge is -2.18. The first-order valence-electron chi connectivity index (χ1n) is 7.53. The molecule has 0 saturated carbocycles. The Morgan fingerprint density at radius 3 is 2.06 bits per heavy atom. The van der Waals surface area contributed by atoms with E-state index in [0.29, 0.717) is 6.61 Å². The Morgan fingerprint density at radius 1 is 1.00 bits per heavy atom. The summed E-state index contributed by atoms with van der Waals surface area (Å²) in [6, 6.07) is 19.8. The molecule has 0 aliphatic rings. The maximum Gasteiger partial charge on any atom is 0.108 e. The Balaban J connectivity index is 2.04. The van der Waals surface area contributed by atoms with E-state index in [-0.39, 0.29) is 12.6 Å². The standard InChI is InChI=1S/C16H19NO/c1-17-12-13-18-16(14-8-4-2-5-9-14)15-10-6-3-7-11-15/h2-11,16-17H,12-13H2,1H3/i1D3. The van der Waals surface area contributed by atoms with E-state index in [0.717, 1.165) is 11.1 Å². The van der Waals surface area contributed by atoms with E-state index in [4.69, 9.17) is 8.85 Å². The maximum absolute atomic E-state index is 7.11. The number of hydrogen-bond acceptors (Lipinski definition) is 2. The molecule has 2 heteroatoms. The van der Waals surface area contributed by atoms with Gasteiger partial charge in [0.25, 0.3) is 0 Å². The maximum atomic E-state index is 7.11. The third-order valence-corrected chi connectivity index (χ3v) is 2.72. The van der Waals surface area contributed by atoms with E-state index in [9.17, 15) is 0 Å². The summed E-state index contributed by atoms with van der Waals surface area (Å²) in [7, 11) is 0. The number of ether oxygens (including phenoxy) is 1. The van der Waals surface area contributed by atoms with Crippen LogP contribution in [-0.4, -0.2) is 20.1 Å². The molecule has 0 bridgehead atoms. The molecule has 18 heavy (non-hydrogen) atoms. The quantitative estimate of drug-likeness (QED) is 0.789. The number of hydrogen-bond donors (Lipinski definition) is 1. The van der Waals surface area contributed by atoms with Gasteiger partial charge >= 0.3 is 0 Å². The molecule has 0 saturated heterocycles. The molecule has 2 aromatic carbocycles. The van der Waals surface area contributed by atoms with Crippen molar-refractivity contribution < 1.29 is 8.85 Å². The molecule has 0 unspecified atom stereocenters. The highest BCUT2D eigenvalue weighted by atomic mass is 16.5. The SMILES string of the molecule is [2H]C([2H])([2H])NCCOC(c1ccccc1)c1ccccc1. The summed E-state index contributed by atoms with van der Waals surface area (Å²) in [4.78, 5) is 0. The van der Waals surface area contributed by atoms with E-state index < -0.39 is 6.98 Å². The van der Waals surface area contributed by atoms with Crippen LogP contribution in [0.5, 0.6) is 0 Å². The Labute approximate surface area is 113 Å². The van der Waals surface area contributed by atoms with Crippen LogP contribution in [0.1, 0.15) is 21.3 Å². The fourth-order valence-corrected chi connectivity index (χ4v) is 1.87. The molecule has 2 aromatic rings. The van der Waals surface area contributed by atoms with Crippen molar-refractivity contribution in [3.8, 4) is 0 Å². The number of likely N-dealkylation sites (N-methyl/N-ethyl adjacent to an activating group) is 1. The third-order valence-electron chi connectivity index (χ3n) is 2.72. The van der Waals surface area contributed by atoms with Gasteiger partial charge in [-0.05, 0) is 18.1 Å². The van der Waals surface area contributed by atoms with Crippen LogP contribution >= 0.6 is 0 Å². The van der Waals surface area contributed by atoms with Gasteiger partial charge in [-0.3, -0.25) is 0 Å². The molecule has 2 rings (SSSR count). The smallest absolute Gasteiger partial charge is 0.108 e. The summed E-state index contributed by atoms with van der Waals surface area (Å²) in [5.41, 5.74) is 2.11. The molecule has 0 aliphatic carbocycles. The monoisotopic (exact) mass is 244 g/mol. The normalized spacial score (nSPS) is 13.9. The van der Waals surface area contributed by atoms with Crippen molar-refractivity contribution >= 4 is 0 Å². The van der Waals surface area contributed by atoms with Gasteiger partial charge in [0.05, 0.1) is 6.61 Å². The van der Waals surface area contributed by atoms with Crippen molar-refractivity contribution in [3.05, 3.63) is 71.8 Å². The molecule has 0 aliphatic heterocycles. The number of rotatable bonds is 6. The van der Waals surface area contributed by atoms with Gasteiger partial charge in [0.15, 0.2) is 0 Å². The Morgan fingerprint density at radius 2 is 1.56 bits per heavy atom. The molecule has 2 nitrogen and oxygen atoms in total. The van der Waals surface area contributed by atoms with Crippen LogP contribution in [-0.2, 0) is 4.74 Å². The van der Waals surface area contributed by atoms with Crippen molar-refractivity contribution in [2.45, 2.75) is 6.10 Å². The second-order valence-corrected chi connectivity index (χ2v) is 4.00. The van der Waals surface area contributed by atoms with Crippen LogP contribution in [0.15, 0.2) is 60.7 Å². The zero-order valence-corrected chi connectivity index (χ0v) is 10.2. The first kappa shape index (κ1) is 9.31. The average Bonchev–Trinajstić information content (AvgIpc) is 2.48. The van der Waals surface area contributed by atoms with E-state index in [1.54, 1.807) is 0 Å². The third kappa shape index (κ3) is 3.42. The fraction of sp³-hybridized carbons (Fsp3) is 0.250. The van der Waals surface area contributed by atoms with Crippen molar-refractivity contribution in [1.29, 1.82) is 0 Å². The molecule has 0 aromatic heterocycles. The van der Waals surface area contributed by atoms with Gasteiger partial charge in [-0.2, -0.15) is 0 Å². The van der Waals surface area contributed by atoms with Crippen LogP contribution in [0.25, 0.3) is 0 Å². The van der Waals surface area contributed by atoms with E-state index in [1.807, 2.05) is 60.7 Å². The molecule has 0 atom stereocenters. The molecule has 0 spiro atoms. The van der Waals surface area contributed by atoms with Crippen molar-refractivity contribution in [1.82, 2.24) is 5.32 Å². The predicted molar refractivity (Wildman–Crippen MR) is 74.6 cm³/mol. The van der Waals surface area contributed by atoms with Crippen LogP contribution < -0.4 is 5.32 Å². The van der Waals surface area contributed by atoms with Crippen molar-refractivity contribution in [2.24, 2.45) is 0 Å². The first-order valence-corrected chi connectivity index (χ1v) is 6.03. The second kappa shape index (κ2) is 6.94. The minimum atomic E-state index is -2.13. The summed E-state index contributed by atoms with van der Waals surface area (Å²) < 4.78 is 27.2. The highest BCUT2D eigenvalue weighted by Gasteiger charge is 2.13. The van der Waals surface area contributed by atoms with Crippen LogP contribution in [0.3, 0.4) is 0 Å². The van der Waals surface area contributed by atoms with E-state index >= 15 is 0 Å². The topological polar surface area (TPSA) is 21.3 Å². The molecule has 1 N–H and O–H groups in total. The van der Waals surface area contributed by atoms with Gasteiger partial charge in [-0.25, -0.2) is 0 Å². The summed E-state index contributed by atoms with van der Waals surface area (Å²) >= 11 is 0. The molecular weight excluding hydrogens is 222 g/mol. The zero-order chi connectivity index (χ0) is 15.1. The molecule has 94 valence electrons. The lowest BCUT2D eigenvalue weighted by molar-refractivity contribution is 0.0831. The molecule has 0 amide bonds. The van der Waals surface area contributed by atoms with Gasteiger partial charge in [-0.1, -0.05) is 60.7 Å². The largest absolute Gasteiger partial charge is 0.367 e. The van der Waals surface area contributed by atoms with Crippen molar-refractivity contribution in [3.63, 3.8) is 0 Å². The lowest BCUT2D eigenvalue weighted by atomic mass is 10.0. The second-order valence-electron chi connectivity index (χ2n) is 4.00. The Hall–Kier alpha value is -1.64.